The van der Waals surface area contributed by atoms with Crippen LogP contribution in [-0.2, 0) is 22.6 Å². The van der Waals surface area contributed by atoms with Crippen molar-refractivity contribution in [1.82, 2.24) is 10.3 Å². The summed E-state index contributed by atoms with van der Waals surface area (Å²) in [4.78, 5) is 26.6. The number of nitrogens with one attached hydrogen (secondary N) is 1. The van der Waals surface area contributed by atoms with Crippen molar-refractivity contribution in [3.63, 3.8) is 0 Å². The predicted molar refractivity (Wildman–Crippen MR) is 95.8 cm³/mol. The maximum absolute atomic E-state index is 11.8. The Morgan fingerprint density at radius 2 is 2.00 bits per heavy atom. The number of thiazole rings is 1. The third-order valence-electron chi connectivity index (χ3n) is 3.46. The summed E-state index contributed by atoms with van der Waals surface area (Å²) < 4.78 is 5.68. The minimum absolute atomic E-state index is 0.105. The first-order valence-electron chi connectivity index (χ1n) is 8.14. The van der Waals surface area contributed by atoms with Crippen LogP contribution in [0.2, 0.25) is 0 Å². The van der Waals surface area contributed by atoms with Crippen molar-refractivity contribution in [2.24, 2.45) is 0 Å². The molecule has 1 aromatic carbocycles. The van der Waals surface area contributed by atoms with Gasteiger partial charge in [-0.3, -0.25) is 9.59 Å². The molecule has 0 spiro atoms. The van der Waals surface area contributed by atoms with E-state index in [0.29, 0.717) is 26.0 Å². The molecule has 0 saturated carbocycles. The molecule has 1 aromatic heterocycles. The molecule has 0 unspecified atom stereocenters. The van der Waals surface area contributed by atoms with Gasteiger partial charge in [0.1, 0.15) is 17.4 Å². The molecule has 25 heavy (non-hydrogen) atoms. The van der Waals surface area contributed by atoms with Gasteiger partial charge in [-0.25, -0.2) is 4.98 Å². The molecule has 0 atom stereocenters. The molecule has 2 rings (SSSR count). The first-order valence-corrected chi connectivity index (χ1v) is 9.02. The van der Waals surface area contributed by atoms with Crippen LogP contribution < -0.4 is 10.1 Å². The molecule has 0 radical (unpaired) electrons. The highest BCUT2D eigenvalue weighted by molar-refractivity contribution is 7.09. The lowest BCUT2D eigenvalue weighted by Crippen LogP contribution is -2.26. The van der Waals surface area contributed by atoms with Gasteiger partial charge in [0.2, 0.25) is 5.91 Å². The number of hydrogen-bond donors (Lipinski definition) is 2. The summed E-state index contributed by atoms with van der Waals surface area (Å²) in [6.45, 7) is 2.89. The predicted octanol–water partition coefficient (Wildman–Crippen LogP) is 2.94. The van der Waals surface area contributed by atoms with Gasteiger partial charge in [0.15, 0.2) is 0 Å². The largest absolute Gasteiger partial charge is 0.486 e. The molecule has 0 aliphatic heterocycles. The van der Waals surface area contributed by atoms with Crippen LogP contribution in [0.5, 0.6) is 5.75 Å². The molecule has 1 amide bonds. The summed E-state index contributed by atoms with van der Waals surface area (Å²) >= 11 is 1.47. The number of carbonyl (C=O) groups excluding carboxylic acids is 1. The van der Waals surface area contributed by atoms with E-state index in [0.717, 1.165) is 16.5 Å². The second-order valence-corrected chi connectivity index (χ2v) is 6.65. The van der Waals surface area contributed by atoms with Crippen molar-refractivity contribution in [2.75, 3.05) is 6.54 Å². The maximum atomic E-state index is 11.8. The van der Waals surface area contributed by atoms with Gasteiger partial charge in [-0.1, -0.05) is 17.7 Å². The van der Waals surface area contributed by atoms with E-state index in [1.54, 1.807) is 0 Å². The van der Waals surface area contributed by atoms with Crippen LogP contribution >= 0.6 is 11.3 Å². The number of rotatable bonds is 10. The van der Waals surface area contributed by atoms with Gasteiger partial charge in [0.25, 0.3) is 0 Å². The molecule has 1 heterocycles. The topological polar surface area (TPSA) is 88.5 Å². The minimum Gasteiger partial charge on any atom is -0.486 e. The van der Waals surface area contributed by atoms with Crippen molar-refractivity contribution in [3.8, 4) is 5.75 Å². The Morgan fingerprint density at radius 3 is 2.72 bits per heavy atom. The van der Waals surface area contributed by atoms with E-state index in [9.17, 15) is 9.59 Å². The summed E-state index contributed by atoms with van der Waals surface area (Å²) in [5, 5.41) is 14.0. The third kappa shape index (κ3) is 7.34. The van der Waals surface area contributed by atoms with E-state index in [-0.39, 0.29) is 18.7 Å². The van der Waals surface area contributed by atoms with Crippen LogP contribution in [0, 0.1) is 6.92 Å². The van der Waals surface area contributed by atoms with Gasteiger partial charge in [-0.05, 0) is 31.9 Å². The van der Waals surface area contributed by atoms with Gasteiger partial charge in [0, 0.05) is 18.3 Å². The maximum Gasteiger partial charge on any atom is 0.303 e. The van der Waals surface area contributed by atoms with Crippen LogP contribution in [-0.4, -0.2) is 28.5 Å². The lowest BCUT2D eigenvalue weighted by molar-refractivity contribution is -0.137. The highest BCUT2D eigenvalue weighted by Gasteiger charge is 2.08. The van der Waals surface area contributed by atoms with Gasteiger partial charge >= 0.3 is 5.97 Å². The van der Waals surface area contributed by atoms with Crippen LogP contribution in [0.25, 0.3) is 0 Å². The van der Waals surface area contributed by atoms with Crippen LogP contribution in [0.3, 0.4) is 0 Å². The number of aliphatic carboxylic acids is 1. The lowest BCUT2D eigenvalue weighted by atomic mass is 10.2. The number of aromatic nitrogens is 1. The average molecular weight is 362 g/mol. The van der Waals surface area contributed by atoms with Crippen LogP contribution in [0.1, 0.15) is 35.5 Å². The van der Waals surface area contributed by atoms with E-state index in [2.05, 4.69) is 10.3 Å². The normalized spacial score (nSPS) is 10.4. The second kappa shape index (κ2) is 9.78. The van der Waals surface area contributed by atoms with Gasteiger partial charge in [-0.2, -0.15) is 0 Å². The number of nitrogens with zero attached hydrogens (tertiary/aromatic N) is 1. The molecule has 2 N–H and O–H groups in total. The number of carbonyl (C=O) groups is 2. The molecule has 0 aliphatic rings. The number of amides is 1. The number of hydrogen-bond acceptors (Lipinski definition) is 5. The molecule has 0 saturated heterocycles. The van der Waals surface area contributed by atoms with Gasteiger partial charge in [-0.15, -0.1) is 11.3 Å². The zero-order chi connectivity index (χ0) is 18.1. The quantitative estimate of drug-likeness (QED) is 0.635. The SMILES string of the molecule is Cc1ccc(OCc2nc(CC(=O)NCCCCC(=O)O)cs2)cc1. The van der Waals surface area contributed by atoms with Crippen molar-refractivity contribution in [2.45, 2.75) is 39.2 Å². The second-order valence-electron chi connectivity index (χ2n) is 5.71. The fraction of sp³-hybridized carbons (Fsp3) is 0.389. The zero-order valence-corrected chi connectivity index (χ0v) is 15.0. The molecular weight excluding hydrogens is 340 g/mol. The number of carboxylic acid groups (broad SMARTS) is 1. The van der Waals surface area contributed by atoms with Crippen LogP contribution in [0.15, 0.2) is 29.6 Å². The van der Waals surface area contributed by atoms with Crippen molar-refractivity contribution in [3.05, 3.63) is 45.9 Å². The molecule has 0 fully saturated rings. The number of benzene rings is 1. The van der Waals surface area contributed by atoms with Gasteiger partial charge < -0.3 is 15.2 Å². The summed E-state index contributed by atoms with van der Waals surface area (Å²) in [5.74, 6) is -0.123. The van der Waals surface area contributed by atoms with Crippen molar-refractivity contribution >= 4 is 23.2 Å². The Hall–Kier alpha value is -2.41. The van der Waals surface area contributed by atoms with E-state index < -0.39 is 5.97 Å². The Labute approximate surface area is 150 Å². The highest BCUT2D eigenvalue weighted by atomic mass is 32.1. The lowest BCUT2D eigenvalue weighted by Gasteiger charge is -2.04. The summed E-state index contributed by atoms with van der Waals surface area (Å²) in [6, 6.07) is 7.82. The third-order valence-corrected chi connectivity index (χ3v) is 4.34. The smallest absolute Gasteiger partial charge is 0.303 e. The first-order chi connectivity index (χ1) is 12.0. The molecule has 6 nitrogen and oxygen atoms in total. The van der Waals surface area contributed by atoms with E-state index >= 15 is 0 Å². The first kappa shape index (κ1) is 18.9. The molecular formula is C18H22N2O4S. The average Bonchev–Trinajstić information content (AvgIpc) is 3.01. The Bertz CT molecular complexity index is 697. The molecule has 2 aromatic rings. The fourth-order valence-electron chi connectivity index (χ4n) is 2.13. The number of ether oxygens (including phenoxy) is 1. The molecule has 7 heteroatoms. The fourth-order valence-corrected chi connectivity index (χ4v) is 2.84. The number of aryl methyl sites for hydroxylation is 1. The summed E-state index contributed by atoms with van der Waals surface area (Å²) in [7, 11) is 0. The Morgan fingerprint density at radius 1 is 1.24 bits per heavy atom. The van der Waals surface area contributed by atoms with E-state index in [1.807, 2.05) is 36.6 Å². The summed E-state index contributed by atoms with van der Waals surface area (Å²) in [5.41, 5.74) is 1.90. The molecule has 134 valence electrons. The van der Waals surface area contributed by atoms with E-state index in [1.165, 1.54) is 16.9 Å². The highest BCUT2D eigenvalue weighted by Crippen LogP contribution is 2.16. The zero-order valence-electron chi connectivity index (χ0n) is 14.2. The van der Waals surface area contributed by atoms with Gasteiger partial charge in [0.05, 0.1) is 12.1 Å². The minimum atomic E-state index is -0.811. The van der Waals surface area contributed by atoms with Crippen LogP contribution in [0.4, 0.5) is 0 Å². The van der Waals surface area contributed by atoms with Crippen molar-refractivity contribution in [1.29, 1.82) is 0 Å². The molecule has 0 aliphatic carbocycles. The Kier molecular flexibility index (Phi) is 7.40. The number of unbranched alkanes of at least 4 members (excludes halogenated alkanes) is 1. The number of carboxylic acids is 1. The Balaban J connectivity index is 1.68. The molecule has 0 bridgehead atoms. The monoisotopic (exact) mass is 362 g/mol. The standard InChI is InChI=1S/C18H22N2O4S/c1-13-5-7-15(8-6-13)24-11-17-20-14(12-25-17)10-16(21)19-9-3-2-4-18(22)23/h5-8,12H,2-4,9-11H2,1H3,(H,19,21)(H,22,23). The summed E-state index contributed by atoms with van der Waals surface area (Å²) in [6.07, 6.45) is 1.57. The van der Waals surface area contributed by atoms with Crippen molar-refractivity contribution < 1.29 is 19.4 Å². The van der Waals surface area contributed by atoms with E-state index in [4.69, 9.17) is 9.84 Å².